The summed E-state index contributed by atoms with van der Waals surface area (Å²) in [7, 11) is 0. The van der Waals surface area contributed by atoms with Crippen LogP contribution in [-0.4, -0.2) is 57.8 Å². The van der Waals surface area contributed by atoms with Crippen molar-refractivity contribution in [1.29, 1.82) is 0 Å². The summed E-state index contributed by atoms with van der Waals surface area (Å²) in [6, 6.07) is 16.6. The number of aromatic nitrogens is 1. The number of carbonyl (C=O) groups excluding carboxylic acids is 5. The van der Waals surface area contributed by atoms with Crippen LogP contribution in [0.15, 0.2) is 60.7 Å². The van der Waals surface area contributed by atoms with Gasteiger partial charge in [0.1, 0.15) is 17.5 Å². The molecule has 9 nitrogen and oxygen atoms in total. The van der Waals surface area contributed by atoms with Crippen molar-refractivity contribution < 1.29 is 24.0 Å². The Morgan fingerprint density at radius 1 is 1.05 bits per heavy atom. The molecule has 2 aliphatic rings. The molecule has 1 aromatic heterocycles. The van der Waals surface area contributed by atoms with E-state index in [1.807, 2.05) is 54.6 Å². The van der Waals surface area contributed by atoms with Gasteiger partial charge in [-0.15, -0.1) is 0 Å². The van der Waals surface area contributed by atoms with Crippen molar-refractivity contribution in [3.05, 3.63) is 71.9 Å². The van der Waals surface area contributed by atoms with E-state index >= 15 is 0 Å². The number of rotatable bonds is 9. The number of Topliss-reactive ketones (excluding diaryl/α,β-unsaturated/α-hetero) is 2. The molecular weight excluding hydrogens is 532 g/mol. The highest BCUT2D eigenvalue weighted by Crippen LogP contribution is 2.35. The summed E-state index contributed by atoms with van der Waals surface area (Å²) < 4.78 is 0. The van der Waals surface area contributed by atoms with E-state index in [0.717, 1.165) is 22.9 Å². The van der Waals surface area contributed by atoms with Crippen LogP contribution in [0.4, 0.5) is 0 Å². The molecule has 1 aliphatic heterocycles. The monoisotopic (exact) mass is 570 g/mol. The van der Waals surface area contributed by atoms with E-state index < -0.39 is 35.6 Å². The lowest BCUT2D eigenvalue weighted by Gasteiger charge is -2.42. The number of nitrogens with zero attached hydrogens (tertiary/aromatic N) is 1. The Morgan fingerprint density at radius 2 is 1.79 bits per heavy atom. The predicted molar refractivity (Wildman–Crippen MR) is 158 cm³/mol. The van der Waals surface area contributed by atoms with E-state index in [1.165, 1.54) is 0 Å². The van der Waals surface area contributed by atoms with Crippen molar-refractivity contribution in [2.24, 2.45) is 11.3 Å². The Kier molecular flexibility index (Phi) is 8.56. The van der Waals surface area contributed by atoms with Crippen LogP contribution in [0.3, 0.4) is 0 Å². The minimum absolute atomic E-state index is 0.0427. The smallest absolute Gasteiger partial charge is 0.289 e. The van der Waals surface area contributed by atoms with Crippen LogP contribution in [0, 0.1) is 11.3 Å². The number of ketones is 2. The van der Waals surface area contributed by atoms with Crippen LogP contribution in [0.2, 0.25) is 0 Å². The summed E-state index contributed by atoms with van der Waals surface area (Å²) in [5.74, 6) is -2.75. The number of benzene rings is 2. The lowest BCUT2D eigenvalue weighted by molar-refractivity contribution is -0.141. The van der Waals surface area contributed by atoms with Crippen LogP contribution in [0.1, 0.15) is 68.4 Å². The van der Waals surface area contributed by atoms with Crippen molar-refractivity contribution in [3.8, 4) is 0 Å². The maximum absolute atomic E-state index is 13.9. The van der Waals surface area contributed by atoms with E-state index in [0.29, 0.717) is 37.9 Å². The molecule has 3 N–H and O–H groups in total. The molecule has 2 aromatic carbocycles. The summed E-state index contributed by atoms with van der Waals surface area (Å²) in [6.07, 6.45) is 2.95. The number of likely N-dealkylation sites (tertiary alicyclic amines) is 1. The van der Waals surface area contributed by atoms with Crippen molar-refractivity contribution >= 4 is 40.2 Å². The first kappa shape index (κ1) is 29.2. The van der Waals surface area contributed by atoms with Crippen LogP contribution in [0.5, 0.6) is 0 Å². The zero-order chi connectivity index (χ0) is 29.9. The molecule has 3 amide bonds. The maximum atomic E-state index is 13.9. The van der Waals surface area contributed by atoms with Crippen molar-refractivity contribution in [2.45, 2.75) is 71.0 Å². The molecule has 2 heterocycles. The zero-order valence-electron chi connectivity index (χ0n) is 24.2. The largest absolute Gasteiger partial charge is 0.351 e. The average Bonchev–Trinajstić information content (AvgIpc) is 3.60. The van der Waals surface area contributed by atoms with Crippen molar-refractivity contribution in [1.82, 2.24) is 20.5 Å². The van der Waals surface area contributed by atoms with Crippen LogP contribution in [-0.2, 0) is 25.7 Å². The van der Waals surface area contributed by atoms with Gasteiger partial charge in [0.25, 0.3) is 11.8 Å². The topological polar surface area (TPSA) is 128 Å². The quantitative estimate of drug-likeness (QED) is 0.336. The fourth-order valence-electron chi connectivity index (χ4n) is 6.08. The highest BCUT2D eigenvalue weighted by molar-refractivity contribution is 6.38. The van der Waals surface area contributed by atoms with E-state index in [9.17, 15) is 24.0 Å². The number of fused-ring (bicyclic) bond motifs is 1. The fourth-order valence-corrected chi connectivity index (χ4v) is 6.08. The van der Waals surface area contributed by atoms with Gasteiger partial charge in [-0.3, -0.25) is 24.0 Å². The second kappa shape index (κ2) is 12.3. The van der Waals surface area contributed by atoms with Gasteiger partial charge in [-0.1, -0.05) is 62.4 Å². The molecule has 5 rings (SSSR count). The molecule has 9 heteroatoms. The molecule has 3 aromatic rings. The summed E-state index contributed by atoms with van der Waals surface area (Å²) in [6.45, 7) is 4.64. The highest BCUT2D eigenvalue weighted by atomic mass is 16.2. The molecule has 3 atom stereocenters. The molecule has 1 aliphatic carbocycles. The average molecular weight is 571 g/mol. The third-order valence-electron chi connectivity index (χ3n) is 8.58. The molecule has 0 radical (unpaired) electrons. The standard InChI is InChI=1S/C33H38N4O5/c1-33(2)15-16-37(32(42)26-17-22-11-6-7-13-24(22)35-26)27(19-33)30(40)36-25(18-23-12-8-14-28(23)38)29(39)31(41)34-20-21-9-4-3-5-10-21/h3-7,9-11,13,17,23,25,27,35H,8,12,14-16,18-20H2,1-2H3,(H,34,41)(H,36,40)/t23-,25-,27-/m0/s1. The van der Waals surface area contributed by atoms with Gasteiger partial charge >= 0.3 is 0 Å². The fraction of sp³-hybridized carbons (Fsp3) is 0.424. The number of nitrogens with one attached hydrogen (secondary N) is 3. The third-order valence-corrected chi connectivity index (χ3v) is 8.58. The lowest BCUT2D eigenvalue weighted by atomic mass is 9.78. The summed E-state index contributed by atoms with van der Waals surface area (Å²) >= 11 is 0. The Hall–Kier alpha value is -4.27. The summed E-state index contributed by atoms with van der Waals surface area (Å²) in [5.41, 5.74) is 1.83. The van der Waals surface area contributed by atoms with Gasteiger partial charge in [0.15, 0.2) is 0 Å². The van der Waals surface area contributed by atoms with E-state index in [-0.39, 0.29) is 30.1 Å². The number of para-hydroxylation sites is 1. The molecule has 0 bridgehead atoms. The van der Waals surface area contributed by atoms with Gasteiger partial charge in [-0.05, 0) is 55.2 Å². The first-order chi connectivity index (χ1) is 20.1. The molecule has 1 saturated heterocycles. The zero-order valence-corrected chi connectivity index (χ0v) is 24.2. The molecule has 220 valence electrons. The molecule has 1 saturated carbocycles. The number of hydrogen-bond donors (Lipinski definition) is 3. The van der Waals surface area contributed by atoms with Gasteiger partial charge in [0.05, 0.1) is 6.04 Å². The number of hydrogen-bond acceptors (Lipinski definition) is 5. The minimum atomic E-state index is -1.17. The highest BCUT2D eigenvalue weighted by Gasteiger charge is 2.42. The number of carbonyl (C=O) groups is 5. The molecule has 2 fully saturated rings. The van der Waals surface area contributed by atoms with E-state index in [2.05, 4.69) is 29.5 Å². The third kappa shape index (κ3) is 6.61. The van der Waals surface area contributed by atoms with Crippen LogP contribution < -0.4 is 10.6 Å². The Bertz CT molecular complexity index is 1460. The SMILES string of the molecule is CC1(C)CCN(C(=O)c2cc3ccccc3[nH]2)[C@H](C(=O)N[C@@H](C[C@@H]2CCCC2=O)C(=O)C(=O)NCc2ccccc2)C1. The summed E-state index contributed by atoms with van der Waals surface area (Å²) in [5, 5.41) is 6.35. The first-order valence-electron chi connectivity index (χ1n) is 14.7. The number of H-pyrrole nitrogens is 1. The van der Waals surface area contributed by atoms with Gasteiger partial charge in [0.2, 0.25) is 11.7 Å². The predicted octanol–water partition coefficient (Wildman–Crippen LogP) is 3.93. The molecular formula is C33H38N4O5. The van der Waals surface area contributed by atoms with Gasteiger partial charge in [-0.2, -0.15) is 0 Å². The van der Waals surface area contributed by atoms with Gasteiger partial charge in [0, 0.05) is 36.3 Å². The summed E-state index contributed by atoms with van der Waals surface area (Å²) in [4.78, 5) is 71.2. The second-order valence-electron chi connectivity index (χ2n) is 12.3. The van der Waals surface area contributed by atoms with Crippen LogP contribution in [0.25, 0.3) is 10.9 Å². The maximum Gasteiger partial charge on any atom is 0.289 e. The van der Waals surface area contributed by atoms with Crippen LogP contribution >= 0.6 is 0 Å². The van der Waals surface area contributed by atoms with E-state index in [1.54, 1.807) is 11.0 Å². The second-order valence-corrected chi connectivity index (χ2v) is 12.3. The van der Waals surface area contributed by atoms with E-state index in [4.69, 9.17) is 0 Å². The minimum Gasteiger partial charge on any atom is -0.351 e. The number of aromatic amines is 1. The van der Waals surface area contributed by atoms with Crippen molar-refractivity contribution in [3.63, 3.8) is 0 Å². The number of piperidine rings is 1. The molecule has 42 heavy (non-hydrogen) atoms. The van der Waals surface area contributed by atoms with Crippen molar-refractivity contribution in [2.75, 3.05) is 6.54 Å². The Morgan fingerprint density at radius 3 is 2.50 bits per heavy atom. The normalized spacial score (nSPS) is 20.7. The first-order valence-corrected chi connectivity index (χ1v) is 14.7. The number of amides is 3. The Labute approximate surface area is 245 Å². The lowest BCUT2D eigenvalue weighted by Crippen LogP contribution is -2.58. The Balaban J connectivity index is 1.35. The molecule has 0 spiro atoms. The molecule has 0 unspecified atom stereocenters. The van der Waals surface area contributed by atoms with Gasteiger partial charge in [-0.25, -0.2) is 0 Å². The van der Waals surface area contributed by atoms with Gasteiger partial charge < -0.3 is 20.5 Å².